The summed E-state index contributed by atoms with van der Waals surface area (Å²) in [4.78, 5) is 24.4. The summed E-state index contributed by atoms with van der Waals surface area (Å²) in [6, 6.07) is 3.29. The summed E-state index contributed by atoms with van der Waals surface area (Å²) in [7, 11) is 0. The Morgan fingerprint density at radius 2 is 2.04 bits per heavy atom. The van der Waals surface area contributed by atoms with E-state index < -0.39 is 29.6 Å². The fourth-order valence-electron chi connectivity index (χ4n) is 2.19. The first-order valence-electron chi connectivity index (χ1n) is 7.11. The van der Waals surface area contributed by atoms with Crippen molar-refractivity contribution in [1.82, 2.24) is 4.90 Å². The zero-order valence-corrected chi connectivity index (χ0v) is 12.3. The number of nitrogens with zero attached hydrogens (tertiary/aromatic N) is 1. The van der Waals surface area contributed by atoms with E-state index in [4.69, 9.17) is 14.6 Å². The van der Waals surface area contributed by atoms with Gasteiger partial charge in [0, 0.05) is 13.1 Å². The van der Waals surface area contributed by atoms with Gasteiger partial charge in [0.1, 0.15) is 0 Å². The molecule has 1 aromatic rings. The van der Waals surface area contributed by atoms with Crippen molar-refractivity contribution >= 4 is 11.9 Å². The van der Waals surface area contributed by atoms with Gasteiger partial charge in [-0.05, 0) is 17.7 Å². The molecule has 0 aromatic heterocycles. The van der Waals surface area contributed by atoms with Crippen LogP contribution in [0.25, 0.3) is 0 Å². The largest absolute Gasteiger partial charge is 0.481 e. The second kappa shape index (κ2) is 7.98. The predicted molar refractivity (Wildman–Crippen MR) is 74.6 cm³/mol. The molecule has 6 nitrogen and oxygen atoms in total. The summed E-state index contributed by atoms with van der Waals surface area (Å²) in [5.41, 5.74) is 0.361. The third-order valence-corrected chi connectivity index (χ3v) is 3.36. The Bertz CT molecular complexity index is 575. The van der Waals surface area contributed by atoms with Gasteiger partial charge in [-0.1, -0.05) is 6.07 Å². The Morgan fingerprint density at radius 3 is 2.65 bits per heavy atom. The fraction of sp³-hybridized carbons (Fsp3) is 0.467. The van der Waals surface area contributed by atoms with Crippen LogP contribution < -0.4 is 0 Å². The summed E-state index contributed by atoms with van der Waals surface area (Å²) >= 11 is 0. The lowest BCUT2D eigenvalue weighted by Crippen LogP contribution is -2.45. The molecule has 0 saturated carbocycles. The average molecular weight is 329 g/mol. The molecule has 23 heavy (non-hydrogen) atoms. The van der Waals surface area contributed by atoms with Gasteiger partial charge in [0.25, 0.3) is 5.91 Å². The maximum absolute atomic E-state index is 13.3. The zero-order chi connectivity index (χ0) is 16.8. The molecule has 0 spiro atoms. The van der Waals surface area contributed by atoms with Gasteiger partial charge in [-0.25, -0.2) is 8.78 Å². The number of rotatable bonds is 6. The van der Waals surface area contributed by atoms with Gasteiger partial charge >= 0.3 is 5.97 Å². The lowest BCUT2D eigenvalue weighted by atomic mass is 10.1. The van der Waals surface area contributed by atoms with E-state index in [0.717, 1.165) is 12.1 Å². The molecule has 0 radical (unpaired) electrons. The van der Waals surface area contributed by atoms with Crippen molar-refractivity contribution in [1.29, 1.82) is 0 Å². The number of carboxylic acids is 1. The molecule has 1 N–H and O–H groups in total. The maximum atomic E-state index is 13.3. The van der Waals surface area contributed by atoms with E-state index in [1.165, 1.54) is 11.0 Å². The van der Waals surface area contributed by atoms with E-state index in [-0.39, 0.29) is 32.7 Å². The highest BCUT2D eigenvalue weighted by molar-refractivity contribution is 5.81. The van der Waals surface area contributed by atoms with Gasteiger partial charge in [0.15, 0.2) is 17.7 Å². The molecule has 1 aromatic carbocycles. The van der Waals surface area contributed by atoms with Crippen molar-refractivity contribution in [2.45, 2.75) is 19.1 Å². The molecule has 8 heteroatoms. The van der Waals surface area contributed by atoms with E-state index in [2.05, 4.69) is 0 Å². The van der Waals surface area contributed by atoms with Gasteiger partial charge in [-0.15, -0.1) is 0 Å². The molecule has 1 saturated heterocycles. The van der Waals surface area contributed by atoms with Crippen LogP contribution in [0.2, 0.25) is 0 Å². The van der Waals surface area contributed by atoms with Crippen molar-refractivity contribution in [3.8, 4) is 0 Å². The van der Waals surface area contributed by atoms with Crippen molar-refractivity contribution in [2.24, 2.45) is 0 Å². The Kier molecular flexibility index (Phi) is 6.00. The van der Waals surface area contributed by atoms with Gasteiger partial charge in [0.2, 0.25) is 0 Å². The summed E-state index contributed by atoms with van der Waals surface area (Å²) < 4.78 is 36.7. The number of amides is 1. The van der Waals surface area contributed by atoms with Crippen LogP contribution in [0.1, 0.15) is 12.0 Å². The highest BCUT2D eigenvalue weighted by atomic mass is 19.2. The van der Waals surface area contributed by atoms with Crippen LogP contribution in [-0.2, 0) is 25.6 Å². The molecular formula is C15H17F2NO5. The van der Waals surface area contributed by atoms with Crippen LogP contribution in [0.15, 0.2) is 18.2 Å². The number of carbonyl (C=O) groups excluding carboxylic acids is 1. The fourth-order valence-corrected chi connectivity index (χ4v) is 2.19. The number of carboxylic acid groups (broad SMARTS) is 1. The summed E-state index contributed by atoms with van der Waals surface area (Å²) in [6.45, 7) is 0.646. The van der Waals surface area contributed by atoms with E-state index in [0.29, 0.717) is 12.2 Å². The summed E-state index contributed by atoms with van der Waals surface area (Å²) in [6.07, 6.45) is -1.08. The number of benzene rings is 1. The number of hydrogen-bond donors (Lipinski definition) is 1. The molecule has 1 amide bonds. The van der Waals surface area contributed by atoms with E-state index in [1.807, 2.05) is 0 Å². The molecule has 126 valence electrons. The maximum Gasteiger partial charge on any atom is 0.305 e. The van der Waals surface area contributed by atoms with E-state index in [1.54, 1.807) is 0 Å². The normalized spacial score (nSPS) is 17.7. The summed E-state index contributed by atoms with van der Waals surface area (Å²) in [5, 5.41) is 8.80. The average Bonchev–Trinajstić information content (AvgIpc) is 2.54. The number of aliphatic carboxylic acids is 1. The third-order valence-electron chi connectivity index (χ3n) is 3.36. The molecule has 1 aliphatic heterocycles. The first-order valence-corrected chi connectivity index (χ1v) is 7.11. The molecule has 2 rings (SSSR count). The number of ether oxygens (including phenoxy) is 2. The Balaban J connectivity index is 2.10. The van der Waals surface area contributed by atoms with E-state index >= 15 is 0 Å². The number of carbonyl (C=O) groups is 2. The predicted octanol–water partition coefficient (Wildman–Crippen LogP) is 1.18. The topological polar surface area (TPSA) is 76.1 Å². The lowest BCUT2D eigenvalue weighted by Gasteiger charge is -2.29. The van der Waals surface area contributed by atoms with E-state index in [9.17, 15) is 18.4 Å². The van der Waals surface area contributed by atoms with Crippen LogP contribution in [-0.4, -0.2) is 54.4 Å². The second-order valence-electron chi connectivity index (χ2n) is 5.09. The Labute approximate surface area is 131 Å². The molecule has 0 bridgehead atoms. The Morgan fingerprint density at radius 1 is 1.26 bits per heavy atom. The highest BCUT2D eigenvalue weighted by Crippen LogP contribution is 2.14. The van der Waals surface area contributed by atoms with Gasteiger partial charge in [-0.3, -0.25) is 9.59 Å². The summed E-state index contributed by atoms with van der Waals surface area (Å²) in [5.74, 6) is -3.50. The van der Waals surface area contributed by atoms with Crippen LogP contribution >= 0.6 is 0 Å². The SMILES string of the molecule is O=C(O)CCN(Cc1ccc(F)c(F)c1)C(=O)C1COCCO1. The number of halogens is 2. The molecule has 1 fully saturated rings. The quantitative estimate of drug-likeness (QED) is 0.848. The second-order valence-corrected chi connectivity index (χ2v) is 5.09. The molecular weight excluding hydrogens is 312 g/mol. The molecule has 1 heterocycles. The smallest absolute Gasteiger partial charge is 0.305 e. The van der Waals surface area contributed by atoms with Crippen molar-refractivity contribution in [2.75, 3.05) is 26.4 Å². The minimum Gasteiger partial charge on any atom is -0.481 e. The van der Waals surface area contributed by atoms with Crippen LogP contribution in [0.4, 0.5) is 8.78 Å². The first-order chi connectivity index (χ1) is 11.0. The van der Waals surface area contributed by atoms with Gasteiger partial charge in [0.05, 0.1) is 26.2 Å². The van der Waals surface area contributed by atoms with Crippen LogP contribution in [0, 0.1) is 11.6 Å². The molecule has 0 aliphatic carbocycles. The molecule has 1 aliphatic rings. The van der Waals surface area contributed by atoms with Crippen molar-refractivity contribution in [3.05, 3.63) is 35.4 Å². The van der Waals surface area contributed by atoms with Gasteiger partial charge in [-0.2, -0.15) is 0 Å². The highest BCUT2D eigenvalue weighted by Gasteiger charge is 2.28. The monoisotopic (exact) mass is 329 g/mol. The minimum absolute atomic E-state index is 0.0385. The molecule has 1 unspecified atom stereocenters. The third kappa shape index (κ3) is 4.97. The standard InChI is InChI=1S/C15H17F2NO5/c16-11-2-1-10(7-12(11)17)8-18(4-3-14(19)20)15(21)13-9-22-5-6-23-13/h1-2,7,13H,3-6,8-9H2,(H,19,20). The van der Waals surface area contributed by atoms with Crippen LogP contribution in [0.3, 0.4) is 0 Å². The molecule has 1 atom stereocenters. The first kappa shape index (κ1) is 17.3. The van der Waals surface area contributed by atoms with Crippen molar-refractivity contribution in [3.63, 3.8) is 0 Å². The Hall–Kier alpha value is -2.06. The zero-order valence-electron chi connectivity index (χ0n) is 12.3. The minimum atomic E-state index is -1.06. The van der Waals surface area contributed by atoms with Gasteiger partial charge < -0.3 is 19.5 Å². The van der Waals surface area contributed by atoms with Crippen LogP contribution in [0.5, 0.6) is 0 Å². The number of hydrogen-bond acceptors (Lipinski definition) is 4. The van der Waals surface area contributed by atoms with Crippen molar-refractivity contribution < 1.29 is 33.0 Å². The lowest BCUT2D eigenvalue weighted by molar-refractivity contribution is -0.159.